The number of Topliss-reactive ketones (excluding diaryl/α,β-unsaturated/α-hetero) is 1. The Hall–Kier alpha value is -3.19. The van der Waals surface area contributed by atoms with Crippen molar-refractivity contribution in [3.63, 3.8) is 0 Å². The average Bonchev–Trinajstić information content (AvgIpc) is 3.49. The molecule has 2 aliphatic heterocycles. The molecule has 2 heterocycles. The largest absolute Gasteiger partial charge is 0.493 e. The van der Waals surface area contributed by atoms with E-state index in [1.54, 1.807) is 6.92 Å². The van der Waals surface area contributed by atoms with Gasteiger partial charge in [0, 0.05) is 24.7 Å². The Kier molecular flexibility index (Phi) is 14.6. The molecule has 0 amide bonds. The molecule has 6 aliphatic rings. The Morgan fingerprint density at radius 3 is 2.20 bits per heavy atom. The summed E-state index contributed by atoms with van der Waals surface area (Å²) in [7, 11) is 2.84. The van der Waals surface area contributed by atoms with Crippen molar-refractivity contribution >= 4 is 17.7 Å². The molecule has 5 N–H and O–H groups in total. The number of fused-ring (bicyclic) bond motifs is 5. The van der Waals surface area contributed by atoms with E-state index in [2.05, 4.69) is 33.8 Å². The van der Waals surface area contributed by atoms with Crippen LogP contribution < -0.4 is 9.47 Å². The number of carbonyl (C=O) groups excluding carboxylic acids is 3. The van der Waals surface area contributed by atoms with E-state index in [1.807, 2.05) is 0 Å². The summed E-state index contributed by atoms with van der Waals surface area (Å²) in [5.74, 6) is -1.32. The second-order valence-electron chi connectivity index (χ2n) is 20.1. The number of esters is 2. The lowest BCUT2D eigenvalue weighted by atomic mass is 9.46. The fourth-order valence-corrected chi connectivity index (χ4v) is 12.3. The van der Waals surface area contributed by atoms with Crippen molar-refractivity contribution in [3.8, 4) is 11.5 Å². The molecule has 0 radical (unpaired) electrons. The minimum absolute atomic E-state index is 0.0268. The van der Waals surface area contributed by atoms with Crippen LogP contribution in [0.25, 0.3) is 0 Å². The number of aliphatic hydroxyl groups excluding tert-OH is 4. The Morgan fingerprint density at radius 1 is 0.844 bits per heavy atom. The summed E-state index contributed by atoms with van der Waals surface area (Å²) in [6.07, 6.45) is -5.42. The Morgan fingerprint density at radius 2 is 1.53 bits per heavy atom. The summed E-state index contributed by atoms with van der Waals surface area (Å²) >= 11 is 0. The van der Waals surface area contributed by atoms with Gasteiger partial charge in [-0.05, 0) is 98.7 Å². The van der Waals surface area contributed by atoms with Crippen LogP contribution in [0.15, 0.2) is 29.8 Å². The second kappa shape index (κ2) is 19.2. The van der Waals surface area contributed by atoms with Crippen LogP contribution >= 0.6 is 0 Å². The minimum atomic E-state index is -1.69. The van der Waals surface area contributed by atoms with Gasteiger partial charge in [-0.1, -0.05) is 46.3 Å². The average molecular weight is 903 g/mol. The minimum Gasteiger partial charge on any atom is -0.493 e. The van der Waals surface area contributed by atoms with E-state index in [0.717, 1.165) is 25.7 Å². The number of ether oxygens (including phenoxy) is 8. The highest BCUT2D eigenvalue weighted by molar-refractivity contribution is 5.90. The molecule has 64 heavy (non-hydrogen) atoms. The smallest absolute Gasteiger partial charge is 0.338 e. The zero-order chi connectivity index (χ0) is 46.5. The van der Waals surface area contributed by atoms with Crippen LogP contribution in [0.2, 0.25) is 0 Å². The molecule has 3 saturated carbocycles. The molecular weight excluding hydrogens is 833 g/mol. The van der Waals surface area contributed by atoms with Crippen molar-refractivity contribution in [1.29, 1.82) is 0 Å². The monoisotopic (exact) mass is 902 g/mol. The number of hydrogen-bond acceptors (Lipinski definition) is 16. The Bertz CT molecular complexity index is 1890. The van der Waals surface area contributed by atoms with Crippen molar-refractivity contribution in [3.05, 3.63) is 35.4 Å². The predicted octanol–water partition coefficient (Wildman–Crippen LogP) is 4.03. The molecule has 2 saturated heterocycles. The number of hydrogen-bond donors (Lipinski definition) is 5. The normalized spacial score (nSPS) is 41.2. The van der Waals surface area contributed by atoms with Gasteiger partial charge in [-0.2, -0.15) is 0 Å². The van der Waals surface area contributed by atoms with Crippen molar-refractivity contribution in [1.82, 2.24) is 0 Å². The number of carbonyl (C=O) groups is 3. The highest BCUT2D eigenvalue weighted by atomic mass is 16.8. The van der Waals surface area contributed by atoms with Crippen molar-refractivity contribution in [2.45, 2.75) is 166 Å². The summed E-state index contributed by atoms with van der Waals surface area (Å²) in [6, 6.07) is 4.31. The third-order valence-corrected chi connectivity index (χ3v) is 16.0. The molecule has 1 aromatic carbocycles. The van der Waals surface area contributed by atoms with Crippen LogP contribution in [0, 0.1) is 40.4 Å². The van der Waals surface area contributed by atoms with Crippen molar-refractivity contribution < 1.29 is 77.8 Å². The fourth-order valence-electron chi connectivity index (χ4n) is 12.3. The van der Waals surface area contributed by atoms with E-state index in [1.165, 1.54) is 44.9 Å². The first kappa shape index (κ1) is 48.7. The lowest BCUT2D eigenvalue weighted by Gasteiger charge is -2.59. The summed E-state index contributed by atoms with van der Waals surface area (Å²) in [5, 5.41) is 57.3. The van der Waals surface area contributed by atoms with Crippen LogP contribution in [-0.4, -0.2) is 138 Å². The quantitative estimate of drug-likeness (QED) is 0.131. The fraction of sp³-hybridized carbons (Fsp3) is 0.771. The second-order valence-corrected chi connectivity index (χ2v) is 20.1. The van der Waals surface area contributed by atoms with Crippen LogP contribution in [0.1, 0.15) is 110 Å². The summed E-state index contributed by atoms with van der Waals surface area (Å²) in [4.78, 5) is 40.5. The van der Waals surface area contributed by atoms with Gasteiger partial charge in [-0.25, -0.2) is 4.79 Å². The number of ketones is 1. The van der Waals surface area contributed by atoms with E-state index in [0.29, 0.717) is 37.4 Å². The van der Waals surface area contributed by atoms with Crippen LogP contribution in [-0.2, 0) is 38.0 Å². The molecule has 0 aromatic heterocycles. The van der Waals surface area contributed by atoms with Gasteiger partial charge in [0.05, 0.1) is 45.2 Å². The van der Waals surface area contributed by atoms with Crippen LogP contribution in [0.3, 0.4) is 0 Å². The molecule has 0 unspecified atom stereocenters. The van der Waals surface area contributed by atoms with Gasteiger partial charge in [0.1, 0.15) is 35.8 Å². The number of methoxy groups -OCH3 is 2. The molecule has 1 aromatic rings. The SMILES string of the molecule is COc1ccc(C(=O)O[C@H]2[C@H](O[C@@H]3[C@@H](OC(C)=O)[C@H](O[C@@H]4C[C@H]5[C@@H]6CC=C7C[C@@H](O)CC[C@]7(C)[C@H]6CC[C@]5(C)[C@@]4(O)[C@H](C)C(=O)CCC(C)C)OC[C@@H]3O)OC[C@@H](O)[C@@H]2O)cc1OC. The number of aliphatic hydroxyl groups is 5. The third-order valence-electron chi connectivity index (χ3n) is 16.0. The third kappa shape index (κ3) is 8.88. The van der Waals surface area contributed by atoms with Gasteiger partial charge in [0.15, 0.2) is 36.3 Å². The molecular formula is C48H70O16. The number of benzene rings is 1. The molecule has 17 atom stereocenters. The summed E-state index contributed by atoms with van der Waals surface area (Å²) in [6.45, 7) is 10.7. The van der Waals surface area contributed by atoms with Gasteiger partial charge in [-0.3, -0.25) is 9.59 Å². The highest BCUT2D eigenvalue weighted by Gasteiger charge is 2.70. The maximum Gasteiger partial charge on any atom is 0.338 e. The lowest BCUT2D eigenvalue weighted by Crippen LogP contribution is -2.64. The summed E-state index contributed by atoms with van der Waals surface area (Å²) < 4.78 is 47.2. The van der Waals surface area contributed by atoms with Crippen LogP contribution in [0.5, 0.6) is 11.5 Å². The topological polar surface area (TPSA) is 226 Å². The van der Waals surface area contributed by atoms with Crippen molar-refractivity contribution in [2.75, 3.05) is 27.4 Å². The molecule has 0 bridgehead atoms. The first-order valence-electron chi connectivity index (χ1n) is 23.1. The zero-order valence-corrected chi connectivity index (χ0v) is 38.5. The first-order chi connectivity index (χ1) is 30.3. The van der Waals surface area contributed by atoms with Crippen molar-refractivity contribution in [2.24, 2.45) is 40.4 Å². The molecule has 16 heteroatoms. The maximum atomic E-state index is 14.2. The van der Waals surface area contributed by atoms with Gasteiger partial charge in [0.25, 0.3) is 0 Å². The predicted molar refractivity (Wildman–Crippen MR) is 228 cm³/mol. The molecule has 16 nitrogen and oxygen atoms in total. The molecule has 358 valence electrons. The maximum absolute atomic E-state index is 14.2. The Labute approximate surface area is 375 Å². The van der Waals surface area contributed by atoms with Gasteiger partial charge in [-0.15, -0.1) is 0 Å². The summed E-state index contributed by atoms with van der Waals surface area (Å²) in [5.41, 5.74) is -1.21. The first-order valence-corrected chi connectivity index (χ1v) is 23.1. The highest BCUT2D eigenvalue weighted by Crippen LogP contribution is 2.69. The Balaban J connectivity index is 1.18. The molecule has 0 spiro atoms. The van der Waals surface area contributed by atoms with Gasteiger partial charge < -0.3 is 63.4 Å². The lowest BCUT2D eigenvalue weighted by molar-refractivity contribution is -0.345. The van der Waals surface area contributed by atoms with Crippen LogP contribution in [0.4, 0.5) is 0 Å². The number of allylic oxidation sites excluding steroid dienone is 1. The number of rotatable bonds is 14. The van der Waals surface area contributed by atoms with E-state index < -0.39 is 90.8 Å². The molecule has 5 fully saturated rings. The standard InChI is InChI=1S/C48H70O16/c1-24(2)9-13-33(51)25(3)48(56)38(21-32-30-12-11-28-20-29(50)15-17-46(28,5)31(30)16-18-47(32,48)6)62-45-42(61-26(4)49)40(35(53)23-60-45)64-44-41(39(54)34(52)22-59-44)63-43(55)27-10-14-36(57-7)37(19-27)58-8/h10-11,14,19,24-25,29-32,34-35,38-42,44-45,50,52-54,56H,9,12-13,15-18,20-23H2,1-8H3/t25-,29+,30-,31+,32+,34-,35+,38-,39+,40+,41-,42-,44+,45+,46+,47+,48-/m1/s1. The van der Waals surface area contributed by atoms with E-state index in [4.69, 9.17) is 37.9 Å². The molecule has 4 aliphatic carbocycles. The zero-order valence-electron chi connectivity index (χ0n) is 38.5. The van der Waals surface area contributed by atoms with Gasteiger partial charge >= 0.3 is 11.9 Å². The van der Waals surface area contributed by atoms with E-state index in [-0.39, 0.29) is 59.4 Å². The van der Waals surface area contributed by atoms with E-state index >= 15 is 0 Å². The van der Waals surface area contributed by atoms with E-state index in [9.17, 15) is 39.9 Å². The molecule has 7 rings (SSSR count). The van der Waals surface area contributed by atoms with Gasteiger partial charge in [0.2, 0.25) is 0 Å².